The average molecular weight is 267 g/mol. The minimum absolute atomic E-state index is 0.283. The van der Waals surface area contributed by atoms with E-state index >= 15 is 0 Å². The second kappa shape index (κ2) is 7.75. The number of rotatable bonds is 4. The van der Waals surface area contributed by atoms with E-state index in [4.69, 9.17) is 5.11 Å². The predicted octanol–water partition coefficient (Wildman–Crippen LogP) is 1.26. The fourth-order valence-corrected chi connectivity index (χ4v) is 1.62. The van der Waals surface area contributed by atoms with Gasteiger partial charge in [0.2, 0.25) is 0 Å². The van der Waals surface area contributed by atoms with Crippen LogP contribution in [-0.4, -0.2) is 36.2 Å². The van der Waals surface area contributed by atoms with Gasteiger partial charge in [-0.2, -0.15) is 11.8 Å². The molecule has 0 bridgehead atoms. The largest absolute Gasteiger partial charge is 0.384 e. The first kappa shape index (κ1) is 14.6. The van der Waals surface area contributed by atoms with Crippen molar-refractivity contribution in [2.24, 2.45) is 0 Å². The highest BCUT2D eigenvalue weighted by Crippen LogP contribution is 2.10. The van der Waals surface area contributed by atoms with Crippen molar-refractivity contribution in [2.45, 2.75) is 0 Å². The van der Waals surface area contributed by atoms with Crippen LogP contribution in [0, 0.1) is 17.7 Å². The Morgan fingerprint density at radius 1 is 1.56 bits per heavy atom. The monoisotopic (exact) mass is 267 g/mol. The number of thioether (sulfide) groups is 1. The molecule has 5 heteroatoms. The highest BCUT2D eigenvalue weighted by atomic mass is 32.2. The molecule has 2 N–H and O–H groups in total. The molecular weight excluding hydrogens is 253 g/mol. The van der Waals surface area contributed by atoms with Crippen LogP contribution in [0.4, 0.5) is 4.39 Å². The van der Waals surface area contributed by atoms with Gasteiger partial charge in [-0.25, -0.2) is 4.39 Å². The second-order valence-corrected chi connectivity index (χ2v) is 4.38. The van der Waals surface area contributed by atoms with Crippen molar-refractivity contribution in [3.8, 4) is 11.8 Å². The van der Waals surface area contributed by atoms with Gasteiger partial charge in [0, 0.05) is 17.9 Å². The molecule has 18 heavy (non-hydrogen) atoms. The summed E-state index contributed by atoms with van der Waals surface area (Å²) < 4.78 is 13.1. The van der Waals surface area contributed by atoms with Gasteiger partial charge in [-0.3, -0.25) is 4.79 Å². The molecule has 0 unspecified atom stereocenters. The SMILES string of the molecule is CSCCNC(=O)c1ccc(F)cc1C#CCO. The summed E-state index contributed by atoms with van der Waals surface area (Å²) in [5.41, 5.74) is 0.601. The van der Waals surface area contributed by atoms with E-state index in [1.807, 2.05) is 6.26 Å². The highest BCUT2D eigenvalue weighted by molar-refractivity contribution is 7.98. The number of amides is 1. The molecule has 1 rings (SSSR count). The molecule has 0 heterocycles. The van der Waals surface area contributed by atoms with Crippen molar-refractivity contribution in [3.63, 3.8) is 0 Å². The lowest BCUT2D eigenvalue weighted by atomic mass is 10.1. The Bertz CT molecular complexity index is 480. The minimum atomic E-state index is -0.460. The van der Waals surface area contributed by atoms with Crippen LogP contribution in [0.2, 0.25) is 0 Å². The van der Waals surface area contributed by atoms with Gasteiger partial charge in [0.25, 0.3) is 5.91 Å². The summed E-state index contributed by atoms with van der Waals surface area (Å²) in [5, 5.41) is 11.4. The summed E-state index contributed by atoms with van der Waals surface area (Å²) >= 11 is 1.62. The maximum atomic E-state index is 13.1. The number of hydrogen-bond acceptors (Lipinski definition) is 3. The molecule has 0 radical (unpaired) electrons. The maximum Gasteiger partial charge on any atom is 0.252 e. The van der Waals surface area contributed by atoms with E-state index in [1.54, 1.807) is 11.8 Å². The van der Waals surface area contributed by atoms with Crippen LogP contribution in [0.3, 0.4) is 0 Å². The van der Waals surface area contributed by atoms with Gasteiger partial charge in [-0.15, -0.1) is 0 Å². The van der Waals surface area contributed by atoms with Gasteiger partial charge in [0.05, 0.1) is 5.56 Å². The first-order valence-corrected chi connectivity index (χ1v) is 6.75. The van der Waals surface area contributed by atoms with Crippen LogP contribution in [0.5, 0.6) is 0 Å². The van der Waals surface area contributed by atoms with Crippen LogP contribution >= 0.6 is 11.8 Å². The van der Waals surface area contributed by atoms with Crippen LogP contribution < -0.4 is 5.32 Å². The third-order valence-electron chi connectivity index (χ3n) is 2.12. The van der Waals surface area contributed by atoms with E-state index in [-0.39, 0.29) is 18.1 Å². The molecule has 3 nitrogen and oxygen atoms in total. The number of aliphatic hydroxyl groups is 1. The van der Waals surface area contributed by atoms with Crippen molar-refractivity contribution in [1.29, 1.82) is 0 Å². The van der Waals surface area contributed by atoms with Crippen LogP contribution in [-0.2, 0) is 0 Å². The second-order valence-electron chi connectivity index (χ2n) is 3.40. The molecule has 1 amide bonds. The fraction of sp³-hybridized carbons (Fsp3) is 0.308. The Morgan fingerprint density at radius 3 is 3.00 bits per heavy atom. The Hall–Kier alpha value is -1.51. The van der Waals surface area contributed by atoms with E-state index in [1.165, 1.54) is 18.2 Å². The van der Waals surface area contributed by atoms with E-state index in [2.05, 4.69) is 17.2 Å². The lowest BCUT2D eigenvalue weighted by Crippen LogP contribution is -2.26. The molecule has 1 aromatic rings. The summed E-state index contributed by atoms with van der Waals surface area (Å²) in [7, 11) is 0. The molecule has 1 aromatic carbocycles. The van der Waals surface area contributed by atoms with E-state index in [0.29, 0.717) is 12.1 Å². The number of halogens is 1. The van der Waals surface area contributed by atoms with Crippen molar-refractivity contribution in [2.75, 3.05) is 25.2 Å². The molecule has 0 spiro atoms. The zero-order valence-electron chi connectivity index (χ0n) is 10.00. The predicted molar refractivity (Wildman–Crippen MR) is 71.1 cm³/mol. The minimum Gasteiger partial charge on any atom is -0.384 e. The molecule has 0 aliphatic rings. The van der Waals surface area contributed by atoms with Crippen LogP contribution in [0.25, 0.3) is 0 Å². The van der Waals surface area contributed by atoms with Crippen molar-refractivity contribution in [1.82, 2.24) is 5.32 Å². The zero-order valence-corrected chi connectivity index (χ0v) is 10.8. The molecule has 0 saturated carbocycles. The molecule has 0 aliphatic heterocycles. The Kier molecular flexibility index (Phi) is 6.26. The smallest absolute Gasteiger partial charge is 0.252 e. The van der Waals surface area contributed by atoms with Crippen molar-refractivity contribution in [3.05, 3.63) is 35.1 Å². The van der Waals surface area contributed by atoms with Gasteiger partial charge < -0.3 is 10.4 Å². The van der Waals surface area contributed by atoms with Crippen molar-refractivity contribution < 1.29 is 14.3 Å². The summed E-state index contributed by atoms with van der Waals surface area (Å²) in [6.45, 7) is 0.217. The number of carbonyl (C=O) groups is 1. The van der Waals surface area contributed by atoms with E-state index < -0.39 is 5.82 Å². The first-order valence-electron chi connectivity index (χ1n) is 5.35. The molecule has 0 fully saturated rings. The average Bonchev–Trinajstić information content (AvgIpc) is 2.36. The van der Waals surface area contributed by atoms with Crippen LogP contribution in [0.1, 0.15) is 15.9 Å². The number of carbonyl (C=O) groups excluding carboxylic acids is 1. The molecule has 0 aliphatic carbocycles. The molecular formula is C13H14FNO2S. The quantitative estimate of drug-likeness (QED) is 0.638. The number of nitrogens with one attached hydrogen (secondary N) is 1. The maximum absolute atomic E-state index is 13.1. The first-order chi connectivity index (χ1) is 8.69. The van der Waals surface area contributed by atoms with E-state index in [9.17, 15) is 9.18 Å². The molecule has 0 saturated heterocycles. The Labute approximate surface area is 110 Å². The van der Waals surface area contributed by atoms with Gasteiger partial charge in [-0.1, -0.05) is 11.8 Å². The summed E-state index contributed by atoms with van der Waals surface area (Å²) in [6.07, 6.45) is 1.95. The van der Waals surface area contributed by atoms with Gasteiger partial charge in [0.15, 0.2) is 0 Å². The fourth-order valence-electron chi connectivity index (χ4n) is 1.31. The van der Waals surface area contributed by atoms with Crippen LogP contribution in [0.15, 0.2) is 18.2 Å². The summed E-state index contributed by atoms with van der Waals surface area (Å²) in [4.78, 5) is 11.8. The summed E-state index contributed by atoms with van der Waals surface area (Å²) in [6, 6.07) is 3.80. The Morgan fingerprint density at radius 2 is 2.33 bits per heavy atom. The molecule has 0 atom stereocenters. The summed E-state index contributed by atoms with van der Waals surface area (Å²) in [5.74, 6) is 5.04. The van der Waals surface area contributed by atoms with Gasteiger partial charge in [0.1, 0.15) is 12.4 Å². The Balaban J connectivity index is 2.89. The lowest BCUT2D eigenvalue weighted by Gasteiger charge is -2.06. The number of aliphatic hydroxyl groups excluding tert-OH is 1. The normalized spacial score (nSPS) is 9.50. The lowest BCUT2D eigenvalue weighted by molar-refractivity contribution is 0.0956. The van der Waals surface area contributed by atoms with Gasteiger partial charge >= 0.3 is 0 Å². The van der Waals surface area contributed by atoms with Crippen molar-refractivity contribution >= 4 is 17.7 Å². The highest BCUT2D eigenvalue weighted by Gasteiger charge is 2.10. The zero-order chi connectivity index (χ0) is 13.4. The standard InChI is InChI=1S/C13H14FNO2S/c1-18-8-6-15-13(17)12-5-4-11(14)9-10(12)3-2-7-16/h4-5,9,16H,6-8H2,1H3,(H,15,17). The molecule has 96 valence electrons. The van der Waals surface area contributed by atoms with E-state index in [0.717, 1.165) is 5.75 Å². The topological polar surface area (TPSA) is 49.3 Å². The number of benzene rings is 1. The number of hydrogen-bond donors (Lipinski definition) is 2. The molecule has 0 aromatic heterocycles. The van der Waals surface area contributed by atoms with Gasteiger partial charge in [-0.05, 0) is 24.5 Å². The third kappa shape index (κ3) is 4.40. The third-order valence-corrected chi connectivity index (χ3v) is 2.73.